The van der Waals surface area contributed by atoms with Gasteiger partial charge in [0.15, 0.2) is 5.65 Å². The molecular weight excluding hydrogens is 258 g/mol. The second kappa shape index (κ2) is 3.20. The van der Waals surface area contributed by atoms with Gasteiger partial charge in [-0.2, -0.15) is 5.10 Å². The average molecular weight is 268 g/mol. The monoisotopic (exact) mass is 267 g/mol. The van der Waals surface area contributed by atoms with Crippen molar-refractivity contribution in [1.29, 1.82) is 0 Å². The number of H-pyrrole nitrogens is 1. The number of nitrogens with one attached hydrogen (secondary N) is 1. The van der Waals surface area contributed by atoms with Crippen molar-refractivity contribution in [1.82, 2.24) is 14.8 Å². The van der Waals surface area contributed by atoms with Crippen LogP contribution >= 0.6 is 15.9 Å². The van der Waals surface area contributed by atoms with Crippen molar-refractivity contribution in [3.05, 3.63) is 27.1 Å². The Morgan fingerprint density at radius 2 is 2.40 bits per heavy atom. The highest BCUT2D eigenvalue weighted by Gasteiger charge is 2.22. The predicted molar refractivity (Wildman–Crippen MR) is 60.8 cm³/mol. The Morgan fingerprint density at radius 1 is 1.60 bits per heavy atom. The summed E-state index contributed by atoms with van der Waals surface area (Å²) in [6.07, 6.45) is 4.58. The number of nitrogens with zero attached hydrogens (tertiary/aromatic N) is 2. The number of fused-ring (bicyclic) bond motifs is 1. The Labute approximate surface area is 94.4 Å². The normalized spacial score (nSPS) is 16.1. The minimum atomic E-state index is -0.126. The smallest absolute Gasteiger partial charge is 0.263 e. The van der Waals surface area contributed by atoms with E-state index >= 15 is 0 Å². The van der Waals surface area contributed by atoms with Gasteiger partial charge in [0, 0.05) is 18.1 Å². The van der Waals surface area contributed by atoms with Crippen LogP contribution in [-0.4, -0.2) is 14.8 Å². The molecule has 1 saturated carbocycles. The number of halogens is 1. The van der Waals surface area contributed by atoms with E-state index in [1.165, 1.54) is 12.8 Å². The molecule has 0 saturated heterocycles. The van der Waals surface area contributed by atoms with Crippen molar-refractivity contribution >= 4 is 27.0 Å². The molecule has 78 valence electrons. The molecule has 0 spiro atoms. The predicted octanol–water partition coefficient (Wildman–Crippen LogP) is 1.90. The summed E-state index contributed by atoms with van der Waals surface area (Å²) in [7, 11) is 0. The van der Waals surface area contributed by atoms with E-state index in [1.807, 2.05) is 16.9 Å². The first kappa shape index (κ1) is 9.15. The Morgan fingerprint density at radius 3 is 3.13 bits per heavy atom. The van der Waals surface area contributed by atoms with Crippen LogP contribution in [0.15, 0.2) is 21.5 Å². The summed E-state index contributed by atoms with van der Waals surface area (Å²) in [5.74, 6) is 0.787. The number of aromatic amines is 1. The largest absolute Gasteiger partial charge is 0.304 e. The highest BCUT2D eigenvalue weighted by Crippen LogP contribution is 2.30. The maximum Gasteiger partial charge on any atom is 0.263 e. The third-order valence-corrected chi connectivity index (χ3v) is 3.25. The van der Waals surface area contributed by atoms with Crippen LogP contribution in [0.1, 0.15) is 12.8 Å². The zero-order valence-corrected chi connectivity index (χ0v) is 9.62. The molecule has 0 amide bonds. The molecule has 2 aromatic rings. The molecule has 1 fully saturated rings. The molecule has 0 bridgehead atoms. The van der Waals surface area contributed by atoms with E-state index in [-0.39, 0.29) is 5.56 Å². The van der Waals surface area contributed by atoms with Gasteiger partial charge in [-0.3, -0.25) is 9.48 Å². The van der Waals surface area contributed by atoms with Gasteiger partial charge in [0.25, 0.3) is 5.56 Å². The van der Waals surface area contributed by atoms with E-state index < -0.39 is 0 Å². The lowest BCUT2D eigenvalue weighted by molar-refractivity contribution is 0.567. The number of aromatic nitrogens is 3. The quantitative estimate of drug-likeness (QED) is 0.904. The number of pyridine rings is 1. The molecule has 1 N–H and O–H groups in total. The van der Waals surface area contributed by atoms with Gasteiger partial charge < -0.3 is 4.98 Å². The second-order valence-electron chi connectivity index (χ2n) is 4.04. The summed E-state index contributed by atoms with van der Waals surface area (Å²) in [6.45, 7) is 0.967. The topological polar surface area (TPSA) is 50.7 Å². The molecule has 0 aliphatic heterocycles. The van der Waals surface area contributed by atoms with E-state index in [9.17, 15) is 4.79 Å². The molecule has 0 radical (unpaired) electrons. The van der Waals surface area contributed by atoms with Crippen LogP contribution in [-0.2, 0) is 6.54 Å². The van der Waals surface area contributed by atoms with Crippen molar-refractivity contribution in [3.8, 4) is 0 Å². The Hall–Kier alpha value is -1.10. The fourth-order valence-corrected chi connectivity index (χ4v) is 2.01. The number of hydrogen-bond donors (Lipinski definition) is 1. The molecule has 2 heterocycles. The van der Waals surface area contributed by atoms with Crippen LogP contribution in [0.5, 0.6) is 0 Å². The molecule has 1 aliphatic carbocycles. The maximum atomic E-state index is 11.3. The van der Waals surface area contributed by atoms with E-state index in [0.717, 1.165) is 17.8 Å². The van der Waals surface area contributed by atoms with Gasteiger partial charge in [0.05, 0.1) is 4.47 Å². The van der Waals surface area contributed by atoms with E-state index in [0.29, 0.717) is 10.1 Å². The minimum Gasteiger partial charge on any atom is -0.304 e. The van der Waals surface area contributed by atoms with Crippen molar-refractivity contribution in [2.75, 3.05) is 0 Å². The first-order valence-corrected chi connectivity index (χ1v) is 5.77. The van der Waals surface area contributed by atoms with Gasteiger partial charge in [0.2, 0.25) is 0 Å². The summed E-state index contributed by atoms with van der Waals surface area (Å²) < 4.78 is 2.48. The van der Waals surface area contributed by atoms with Gasteiger partial charge in [-0.1, -0.05) is 0 Å². The molecule has 0 aromatic carbocycles. The van der Waals surface area contributed by atoms with Gasteiger partial charge in [-0.15, -0.1) is 0 Å². The van der Waals surface area contributed by atoms with Gasteiger partial charge in [-0.05, 0) is 40.8 Å². The highest BCUT2D eigenvalue weighted by atomic mass is 79.9. The zero-order valence-electron chi connectivity index (χ0n) is 8.03. The molecule has 5 heteroatoms. The van der Waals surface area contributed by atoms with Gasteiger partial charge >= 0.3 is 0 Å². The molecule has 2 aromatic heterocycles. The van der Waals surface area contributed by atoms with Gasteiger partial charge in [0.1, 0.15) is 0 Å². The van der Waals surface area contributed by atoms with Crippen LogP contribution in [0, 0.1) is 5.92 Å². The summed E-state index contributed by atoms with van der Waals surface area (Å²) in [5, 5.41) is 5.31. The van der Waals surface area contributed by atoms with Crippen LogP contribution in [0.4, 0.5) is 0 Å². The van der Waals surface area contributed by atoms with E-state index in [1.54, 1.807) is 0 Å². The van der Waals surface area contributed by atoms with Crippen LogP contribution in [0.25, 0.3) is 11.0 Å². The van der Waals surface area contributed by atoms with Crippen molar-refractivity contribution in [3.63, 3.8) is 0 Å². The summed E-state index contributed by atoms with van der Waals surface area (Å²) in [5.41, 5.74) is 0.544. The van der Waals surface area contributed by atoms with E-state index in [4.69, 9.17) is 0 Å². The minimum absolute atomic E-state index is 0.126. The third-order valence-electron chi connectivity index (χ3n) is 2.66. The standard InChI is InChI=1S/C10H10BrN3O/c11-8-3-7-5-14(4-6-1-2-6)13-9(7)12-10(8)15/h3,5-6H,1-2,4H2,(H,12,13,15). The first-order valence-electron chi connectivity index (χ1n) is 4.98. The zero-order chi connectivity index (χ0) is 10.4. The highest BCUT2D eigenvalue weighted by molar-refractivity contribution is 9.10. The van der Waals surface area contributed by atoms with Crippen LogP contribution in [0.3, 0.4) is 0 Å². The Kier molecular flexibility index (Phi) is 1.95. The number of hydrogen-bond acceptors (Lipinski definition) is 2. The average Bonchev–Trinajstić information content (AvgIpc) is 2.89. The fourth-order valence-electron chi connectivity index (χ4n) is 1.67. The summed E-state index contributed by atoms with van der Waals surface area (Å²) >= 11 is 3.21. The van der Waals surface area contributed by atoms with Crippen LogP contribution < -0.4 is 5.56 Å². The maximum absolute atomic E-state index is 11.3. The summed E-state index contributed by atoms with van der Waals surface area (Å²) in [4.78, 5) is 14.1. The molecule has 1 aliphatic rings. The molecular formula is C10H10BrN3O. The van der Waals surface area contributed by atoms with Crippen molar-refractivity contribution in [2.24, 2.45) is 5.92 Å². The first-order chi connectivity index (χ1) is 7.22. The Balaban J connectivity index is 2.08. The second-order valence-corrected chi connectivity index (χ2v) is 4.90. The van der Waals surface area contributed by atoms with E-state index in [2.05, 4.69) is 26.0 Å². The fraction of sp³-hybridized carbons (Fsp3) is 0.400. The lowest BCUT2D eigenvalue weighted by Crippen LogP contribution is -2.06. The van der Waals surface area contributed by atoms with Crippen molar-refractivity contribution < 1.29 is 0 Å². The van der Waals surface area contributed by atoms with Crippen LogP contribution in [0.2, 0.25) is 0 Å². The lowest BCUT2D eigenvalue weighted by Gasteiger charge is -1.95. The Bertz CT molecular complexity index is 568. The lowest BCUT2D eigenvalue weighted by atomic mass is 10.3. The number of rotatable bonds is 2. The van der Waals surface area contributed by atoms with Crippen molar-refractivity contribution in [2.45, 2.75) is 19.4 Å². The molecule has 4 nitrogen and oxygen atoms in total. The molecule has 0 unspecified atom stereocenters. The van der Waals surface area contributed by atoms with Gasteiger partial charge in [-0.25, -0.2) is 0 Å². The SMILES string of the molecule is O=c1[nH]c2nn(CC3CC3)cc2cc1Br. The third kappa shape index (κ3) is 1.71. The molecule has 3 rings (SSSR count). The summed E-state index contributed by atoms with van der Waals surface area (Å²) in [6, 6.07) is 1.81. The molecule has 0 atom stereocenters. The molecule has 15 heavy (non-hydrogen) atoms.